The Kier molecular flexibility index (Phi) is 3.49. The lowest BCUT2D eigenvalue weighted by Crippen LogP contribution is -2.26. The van der Waals surface area contributed by atoms with E-state index in [1.54, 1.807) is 0 Å². The van der Waals surface area contributed by atoms with Gasteiger partial charge in [0, 0.05) is 12.1 Å². The molecule has 1 rings (SSSR count). The van der Waals surface area contributed by atoms with Crippen LogP contribution in [0.2, 0.25) is 0 Å². The molecule has 13 heavy (non-hydrogen) atoms. The van der Waals surface area contributed by atoms with Gasteiger partial charge in [0.15, 0.2) is 0 Å². The largest absolute Gasteiger partial charge is 0.308 e. The van der Waals surface area contributed by atoms with E-state index in [0.717, 1.165) is 0 Å². The topological polar surface area (TPSA) is 12.0 Å². The van der Waals surface area contributed by atoms with Gasteiger partial charge in [0.05, 0.1) is 0 Å². The molecule has 0 spiro atoms. The van der Waals surface area contributed by atoms with Gasteiger partial charge in [-0.1, -0.05) is 38.1 Å². The minimum Gasteiger partial charge on any atom is -0.308 e. The van der Waals surface area contributed by atoms with Crippen LogP contribution >= 0.6 is 0 Å². The monoisotopic (exact) mass is 177 g/mol. The zero-order chi connectivity index (χ0) is 9.84. The predicted octanol–water partition coefficient (Wildman–Crippen LogP) is 3.05. The summed E-state index contributed by atoms with van der Waals surface area (Å²) in [6.45, 7) is 8.72. The van der Waals surface area contributed by atoms with Crippen molar-refractivity contribution in [2.24, 2.45) is 0 Å². The fraction of sp³-hybridized carbons (Fsp3) is 0.500. The summed E-state index contributed by atoms with van der Waals surface area (Å²) in [6.07, 6.45) is 0. The van der Waals surface area contributed by atoms with Crippen LogP contribution in [0.15, 0.2) is 24.3 Å². The molecule has 0 unspecified atom stereocenters. The number of aryl methyl sites for hydroxylation is 1. The second-order valence-electron chi connectivity index (χ2n) is 3.90. The Bertz CT molecular complexity index is 266. The normalized spacial score (nSPS) is 13.3. The Labute approximate surface area is 81.2 Å². The second kappa shape index (κ2) is 4.43. The molecule has 0 saturated heterocycles. The summed E-state index contributed by atoms with van der Waals surface area (Å²) in [5.41, 5.74) is 2.76. The smallest absolute Gasteiger partial charge is 0.0296 e. The number of hydrogen-bond donors (Lipinski definition) is 1. The van der Waals surface area contributed by atoms with Gasteiger partial charge in [0.1, 0.15) is 0 Å². The Hall–Kier alpha value is -0.820. The SMILES string of the molecule is Cc1ccccc1[C@@H](C)NC(C)C. The van der Waals surface area contributed by atoms with Crippen LogP contribution in [0.4, 0.5) is 0 Å². The van der Waals surface area contributed by atoms with E-state index < -0.39 is 0 Å². The average Bonchev–Trinajstić information content (AvgIpc) is 2.03. The molecule has 1 aromatic carbocycles. The molecule has 1 nitrogen and oxygen atoms in total. The van der Waals surface area contributed by atoms with Crippen LogP contribution in [0.5, 0.6) is 0 Å². The quantitative estimate of drug-likeness (QED) is 0.748. The van der Waals surface area contributed by atoms with E-state index in [1.807, 2.05) is 0 Å². The molecule has 0 saturated carbocycles. The molecule has 1 N–H and O–H groups in total. The van der Waals surface area contributed by atoms with Crippen molar-refractivity contribution in [3.05, 3.63) is 35.4 Å². The highest BCUT2D eigenvalue weighted by Gasteiger charge is 2.07. The summed E-state index contributed by atoms with van der Waals surface area (Å²) >= 11 is 0. The fourth-order valence-electron chi connectivity index (χ4n) is 1.66. The van der Waals surface area contributed by atoms with Gasteiger partial charge in [-0.25, -0.2) is 0 Å². The van der Waals surface area contributed by atoms with Gasteiger partial charge < -0.3 is 5.32 Å². The van der Waals surface area contributed by atoms with E-state index in [9.17, 15) is 0 Å². The number of benzene rings is 1. The fourth-order valence-corrected chi connectivity index (χ4v) is 1.66. The molecule has 0 aliphatic heterocycles. The minimum absolute atomic E-state index is 0.446. The van der Waals surface area contributed by atoms with Gasteiger partial charge >= 0.3 is 0 Å². The van der Waals surface area contributed by atoms with Gasteiger partial charge in [-0.15, -0.1) is 0 Å². The molecule has 0 amide bonds. The van der Waals surface area contributed by atoms with E-state index in [-0.39, 0.29) is 0 Å². The van der Waals surface area contributed by atoms with Gasteiger partial charge in [0.25, 0.3) is 0 Å². The maximum Gasteiger partial charge on any atom is 0.0296 e. The van der Waals surface area contributed by atoms with Gasteiger partial charge in [-0.05, 0) is 25.0 Å². The molecule has 0 bridgehead atoms. The van der Waals surface area contributed by atoms with Crippen LogP contribution in [-0.2, 0) is 0 Å². The first-order valence-corrected chi connectivity index (χ1v) is 4.93. The third-order valence-corrected chi connectivity index (χ3v) is 2.24. The lowest BCUT2D eigenvalue weighted by molar-refractivity contribution is 0.505. The lowest BCUT2D eigenvalue weighted by atomic mass is 10.0. The van der Waals surface area contributed by atoms with Crippen molar-refractivity contribution in [3.8, 4) is 0 Å². The lowest BCUT2D eigenvalue weighted by Gasteiger charge is -2.18. The summed E-state index contributed by atoms with van der Waals surface area (Å²) in [5, 5.41) is 3.50. The van der Waals surface area contributed by atoms with E-state index in [0.29, 0.717) is 12.1 Å². The van der Waals surface area contributed by atoms with Crippen LogP contribution in [-0.4, -0.2) is 6.04 Å². The highest BCUT2D eigenvalue weighted by Crippen LogP contribution is 2.16. The first-order valence-electron chi connectivity index (χ1n) is 4.93. The number of rotatable bonds is 3. The van der Waals surface area contributed by atoms with Crippen LogP contribution in [0.25, 0.3) is 0 Å². The maximum absolute atomic E-state index is 3.50. The molecule has 0 radical (unpaired) electrons. The Balaban J connectivity index is 2.76. The van der Waals surface area contributed by atoms with E-state index >= 15 is 0 Å². The van der Waals surface area contributed by atoms with Crippen LogP contribution in [0.3, 0.4) is 0 Å². The maximum atomic E-state index is 3.50. The second-order valence-corrected chi connectivity index (χ2v) is 3.90. The first-order chi connectivity index (χ1) is 6.11. The molecule has 0 aliphatic rings. The third kappa shape index (κ3) is 2.85. The van der Waals surface area contributed by atoms with Crippen LogP contribution < -0.4 is 5.32 Å². The predicted molar refractivity (Wildman–Crippen MR) is 57.9 cm³/mol. The minimum atomic E-state index is 0.446. The molecule has 1 heteroatoms. The summed E-state index contributed by atoms with van der Waals surface area (Å²) in [4.78, 5) is 0. The molecule has 72 valence electrons. The number of hydrogen-bond acceptors (Lipinski definition) is 1. The summed E-state index contributed by atoms with van der Waals surface area (Å²) in [7, 11) is 0. The summed E-state index contributed by atoms with van der Waals surface area (Å²) < 4.78 is 0. The zero-order valence-corrected chi connectivity index (χ0v) is 8.96. The summed E-state index contributed by atoms with van der Waals surface area (Å²) in [5.74, 6) is 0. The molecule has 0 aromatic heterocycles. The van der Waals surface area contributed by atoms with Gasteiger partial charge in [-0.2, -0.15) is 0 Å². The molecule has 0 aliphatic carbocycles. The van der Waals surface area contributed by atoms with Crippen molar-refractivity contribution in [2.45, 2.75) is 39.8 Å². The Morgan fingerprint density at radius 2 is 1.69 bits per heavy atom. The zero-order valence-electron chi connectivity index (χ0n) is 8.96. The van der Waals surface area contributed by atoms with Crippen molar-refractivity contribution in [1.82, 2.24) is 5.32 Å². The van der Waals surface area contributed by atoms with E-state index in [2.05, 4.69) is 57.3 Å². The first kappa shape index (κ1) is 10.3. The van der Waals surface area contributed by atoms with Crippen molar-refractivity contribution >= 4 is 0 Å². The van der Waals surface area contributed by atoms with Crippen LogP contribution in [0, 0.1) is 6.92 Å². The molecule has 0 heterocycles. The third-order valence-electron chi connectivity index (χ3n) is 2.24. The van der Waals surface area contributed by atoms with Gasteiger partial charge in [0.2, 0.25) is 0 Å². The van der Waals surface area contributed by atoms with Crippen molar-refractivity contribution in [2.75, 3.05) is 0 Å². The van der Waals surface area contributed by atoms with E-state index in [1.165, 1.54) is 11.1 Å². The molecular weight excluding hydrogens is 158 g/mol. The van der Waals surface area contributed by atoms with Gasteiger partial charge in [-0.3, -0.25) is 0 Å². The van der Waals surface area contributed by atoms with Crippen molar-refractivity contribution in [3.63, 3.8) is 0 Å². The Morgan fingerprint density at radius 3 is 2.23 bits per heavy atom. The van der Waals surface area contributed by atoms with Crippen molar-refractivity contribution < 1.29 is 0 Å². The van der Waals surface area contributed by atoms with Crippen molar-refractivity contribution in [1.29, 1.82) is 0 Å². The standard InChI is InChI=1S/C12H19N/c1-9(2)13-11(4)12-8-6-5-7-10(12)3/h5-9,11,13H,1-4H3/t11-/m1/s1. The molecule has 1 atom stereocenters. The summed E-state index contributed by atoms with van der Waals surface area (Å²) in [6, 6.07) is 9.51. The molecule has 0 fully saturated rings. The average molecular weight is 177 g/mol. The highest BCUT2D eigenvalue weighted by atomic mass is 14.9. The molecular formula is C12H19N. The Morgan fingerprint density at radius 1 is 1.08 bits per heavy atom. The van der Waals surface area contributed by atoms with Crippen LogP contribution in [0.1, 0.15) is 37.9 Å². The molecule has 1 aromatic rings. The highest BCUT2D eigenvalue weighted by molar-refractivity contribution is 5.28. The van der Waals surface area contributed by atoms with E-state index in [4.69, 9.17) is 0 Å². The number of nitrogens with one attached hydrogen (secondary N) is 1.